The van der Waals surface area contributed by atoms with Crippen LogP contribution in [0.15, 0.2) is 24.3 Å². The molecule has 1 aromatic heterocycles. The summed E-state index contributed by atoms with van der Waals surface area (Å²) in [7, 11) is 0. The standard InChI is InChI=1S/C19H23NO4/c1-5-14-7-9-15(10-8-14)11-20-13(4)16(18(21)22)12(3)17(20)19(23)24-6-2/h7-10H,5-6,11H2,1-4H3,(H,21,22). The van der Waals surface area contributed by atoms with Gasteiger partial charge in [0.05, 0.1) is 12.2 Å². The summed E-state index contributed by atoms with van der Waals surface area (Å²) in [6.45, 7) is 7.87. The van der Waals surface area contributed by atoms with E-state index in [1.807, 2.05) is 24.3 Å². The number of aryl methyl sites for hydroxylation is 1. The van der Waals surface area contributed by atoms with Crippen molar-refractivity contribution in [3.63, 3.8) is 0 Å². The first-order chi connectivity index (χ1) is 11.4. The van der Waals surface area contributed by atoms with Gasteiger partial charge in [0.25, 0.3) is 0 Å². The molecule has 0 spiro atoms. The maximum atomic E-state index is 12.3. The van der Waals surface area contributed by atoms with Gasteiger partial charge < -0.3 is 14.4 Å². The molecule has 0 unspecified atom stereocenters. The van der Waals surface area contributed by atoms with E-state index in [1.54, 1.807) is 25.3 Å². The smallest absolute Gasteiger partial charge is 0.355 e. The van der Waals surface area contributed by atoms with Gasteiger partial charge in [-0.25, -0.2) is 9.59 Å². The van der Waals surface area contributed by atoms with Crippen LogP contribution >= 0.6 is 0 Å². The highest BCUT2D eigenvalue weighted by Gasteiger charge is 2.26. The average Bonchev–Trinajstić information content (AvgIpc) is 2.79. The van der Waals surface area contributed by atoms with E-state index in [0.717, 1.165) is 12.0 Å². The Balaban J connectivity index is 2.51. The molecule has 0 saturated heterocycles. The number of esters is 1. The van der Waals surface area contributed by atoms with E-state index in [-0.39, 0.29) is 12.2 Å². The number of carbonyl (C=O) groups excluding carboxylic acids is 1. The molecule has 0 saturated carbocycles. The fourth-order valence-electron chi connectivity index (χ4n) is 2.93. The molecule has 0 aliphatic carbocycles. The molecular weight excluding hydrogens is 306 g/mol. The lowest BCUT2D eigenvalue weighted by Gasteiger charge is -2.12. The number of carboxylic acids is 1. The molecular formula is C19H23NO4. The van der Waals surface area contributed by atoms with Crippen LogP contribution in [-0.4, -0.2) is 28.2 Å². The van der Waals surface area contributed by atoms with Crippen molar-refractivity contribution in [2.24, 2.45) is 0 Å². The lowest BCUT2D eigenvalue weighted by atomic mass is 10.1. The number of ether oxygens (including phenoxy) is 1. The maximum Gasteiger partial charge on any atom is 0.355 e. The summed E-state index contributed by atoms with van der Waals surface area (Å²) in [6, 6.07) is 8.10. The summed E-state index contributed by atoms with van der Waals surface area (Å²) in [5.41, 5.74) is 3.73. The number of aromatic carboxylic acids is 1. The molecule has 0 fully saturated rings. The van der Waals surface area contributed by atoms with E-state index in [1.165, 1.54) is 5.56 Å². The third kappa shape index (κ3) is 3.35. The Morgan fingerprint density at radius 3 is 2.17 bits per heavy atom. The first-order valence-electron chi connectivity index (χ1n) is 8.08. The zero-order chi connectivity index (χ0) is 17.9. The van der Waals surface area contributed by atoms with Gasteiger partial charge in [-0.2, -0.15) is 0 Å². The summed E-state index contributed by atoms with van der Waals surface area (Å²) in [6.07, 6.45) is 0.958. The quantitative estimate of drug-likeness (QED) is 0.822. The molecule has 0 aliphatic heterocycles. The van der Waals surface area contributed by atoms with E-state index in [2.05, 4.69) is 6.92 Å². The van der Waals surface area contributed by atoms with Gasteiger partial charge in [0.1, 0.15) is 5.69 Å². The van der Waals surface area contributed by atoms with Gasteiger partial charge in [-0.15, -0.1) is 0 Å². The minimum Gasteiger partial charge on any atom is -0.478 e. The molecule has 2 aromatic rings. The molecule has 1 aromatic carbocycles. The van der Waals surface area contributed by atoms with Crippen molar-refractivity contribution >= 4 is 11.9 Å². The van der Waals surface area contributed by atoms with E-state index in [4.69, 9.17) is 4.74 Å². The van der Waals surface area contributed by atoms with Crippen molar-refractivity contribution in [1.82, 2.24) is 4.57 Å². The van der Waals surface area contributed by atoms with Crippen LogP contribution in [0.5, 0.6) is 0 Å². The van der Waals surface area contributed by atoms with Crippen LogP contribution in [0.25, 0.3) is 0 Å². The minimum absolute atomic E-state index is 0.170. The van der Waals surface area contributed by atoms with Gasteiger partial charge in [0.15, 0.2) is 0 Å². The topological polar surface area (TPSA) is 68.5 Å². The zero-order valence-electron chi connectivity index (χ0n) is 14.5. The molecule has 0 radical (unpaired) electrons. The highest BCUT2D eigenvalue weighted by atomic mass is 16.5. The van der Waals surface area contributed by atoms with Crippen molar-refractivity contribution in [3.05, 3.63) is 57.9 Å². The summed E-state index contributed by atoms with van der Waals surface area (Å²) in [4.78, 5) is 23.9. The zero-order valence-corrected chi connectivity index (χ0v) is 14.5. The lowest BCUT2D eigenvalue weighted by molar-refractivity contribution is 0.0513. The highest BCUT2D eigenvalue weighted by molar-refractivity contribution is 5.98. The number of carbonyl (C=O) groups is 2. The van der Waals surface area contributed by atoms with E-state index >= 15 is 0 Å². The number of hydrogen-bond donors (Lipinski definition) is 1. The lowest BCUT2D eigenvalue weighted by Crippen LogP contribution is -2.15. The number of aromatic nitrogens is 1. The van der Waals surface area contributed by atoms with Crippen molar-refractivity contribution < 1.29 is 19.4 Å². The summed E-state index contributed by atoms with van der Waals surface area (Å²) in [5.74, 6) is -1.52. The Bertz CT molecular complexity index is 757. The second-order valence-electron chi connectivity index (χ2n) is 5.72. The van der Waals surface area contributed by atoms with Gasteiger partial charge in [0, 0.05) is 12.2 Å². The SMILES string of the molecule is CCOC(=O)c1c(C)c(C(=O)O)c(C)n1Cc1ccc(CC)cc1. The number of rotatable bonds is 6. The van der Waals surface area contributed by atoms with Gasteiger partial charge in [-0.3, -0.25) is 0 Å². The van der Waals surface area contributed by atoms with Crippen LogP contribution in [0, 0.1) is 13.8 Å². The second kappa shape index (κ2) is 7.34. The van der Waals surface area contributed by atoms with Crippen LogP contribution in [-0.2, 0) is 17.7 Å². The Hall–Kier alpha value is -2.56. The summed E-state index contributed by atoms with van der Waals surface area (Å²) in [5, 5.41) is 9.46. The van der Waals surface area contributed by atoms with Crippen molar-refractivity contribution in [3.8, 4) is 0 Å². The molecule has 0 bridgehead atoms. The number of hydrogen-bond acceptors (Lipinski definition) is 3. The summed E-state index contributed by atoms with van der Waals surface area (Å²) >= 11 is 0. The van der Waals surface area contributed by atoms with E-state index in [0.29, 0.717) is 23.5 Å². The fraction of sp³-hybridized carbons (Fsp3) is 0.368. The predicted octanol–water partition coefficient (Wildman–Crippen LogP) is 3.59. The third-order valence-corrected chi connectivity index (χ3v) is 4.22. The largest absolute Gasteiger partial charge is 0.478 e. The Kier molecular flexibility index (Phi) is 5.44. The van der Waals surface area contributed by atoms with E-state index in [9.17, 15) is 14.7 Å². The van der Waals surface area contributed by atoms with Crippen LogP contribution in [0.3, 0.4) is 0 Å². The molecule has 24 heavy (non-hydrogen) atoms. The van der Waals surface area contributed by atoms with Gasteiger partial charge in [-0.05, 0) is 43.9 Å². The maximum absolute atomic E-state index is 12.3. The molecule has 128 valence electrons. The van der Waals surface area contributed by atoms with Gasteiger partial charge in [0.2, 0.25) is 0 Å². The van der Waals surface area contributed by atoms with Gasteiger partial charge in [-0.1, -0.05) is 31.2 Å². The first kappa shape index (κ1) is 17.8. The number of benzene rings is 1. The molecule has 0 aliphatic rings. The minimum atomic E-state index is -1.03. The van der Waals surface area contributed by atoms with Crippen LogP contribution in [0.2, 0.25) is 0 Å². The van der Waals surface area contributed by atoms with E-state index < -0.39 is 11.9 Å². The Morgan fingerprint density at radius 1 is 1.08 bits per heavy atom. The molecule has 2 rings (SSSR count). The first-order valence-corrected chi connectivity index (χ1v) is 8.08. The number of carboxylic acid groups (broad SMARTS) is 1. The molecule has 1 heterocycles. The second-order valence-corrected chi connectivity index (χ2v) is 5.72. The van der Waals surface area contributed by atoms with Gasteiger partial charge >= 0.3 is 11.9 Å². The summed E-state index contributed by atoms with van der Waals surface area (Å²) < 4.78 is 6.85. The normalized spacial score (nSPS) is 10.7. The van der Waals surface area contributed by atoms with Crippen LogP contribution in [0.4, 0.5) is 0 Å². The monoisotopic (exact) mass is 329 g/mol. The Labute approximate surface area is 141 Å². The molecule has 5 nitrogen and oxygen atoms in total. The molecule has 0 atom stereocenters. The predicted molar refractivity (Wildman–Crippen MR) is 91.7 cm³/mol. The fourth-order valence-corrected chi connectivity index (χ4v) is 2.93. The molecule has 1 N–H and O–H groups in total. The number of nitrogens with zero attached hydrogens (tertiary/aromatic N) is 1. The highest BCUT2D eigenvalue weighted by Crippen LogP contribution is 2.24. The molecule has 5 heteroatoms. The average molecular weight is 329 g/mol. The van der Waals surface area contributed by atoms with Crippen LogP contribution in [0.1, 0.15) is 57.1 Å². The van der Waals surface area contributed by atoms with Crippen molar-refractivity contribution in [2.75, 3.05) is 6.61 Å². The van der Waals surface area contributed by atoms with Crippen molar-refractivity contribution in [2.45, 2.75) is 40.7 Å². The van der Waals surface area contributed by atoms with Crippen molar-refractivity contribution in [1.29, 1.82) is 0 Å². The van der Waals surface area contributed by atoms with Crippen LogP contribution < -0.4 is 0 Å². The Morgan fingerprint density at radius 2 is 1.67 bits per heavy atom. The third-order valence-electron chi connectivity index (χ3n) is 4.22. The molecule has 0 amide bonds.